The molecule has 0 saturated heterocycles. The summed E-state index contributed by atoms with van der Waals surface area (Å²) in [4.78, 5) is 11.1. The molecular formula is C12H14O2. The van der Waals surface area contributed by atoms with Crippen molar-refractivity contribution in [3.63, 3.8) is 0 Å². The summed E-state index contributed by atoms with van der Waals surface area (Å²) in [6.07, 6.45) is 2.36. The van der Waals surface area contributed by atoms with Gasteiger partial charge in [-0.05, 0) is 17.6 Å². The van der Waals surface area contributed by atoms with Crippen LogP contribution in [-0.2, 0) is 9.53 Å². The van der Waals surface area contributed by atoms with Crippen molar-refractivity contribution in [3.8, 4) is 0 Å². The summed E-state index contributed by atoms with van der Waals surface area (Å²) in [6, 6.07) is 9.83. The van der Waals surface area contributed by atoms with Gasteiger partial charge in [0.1, 0.15) is 0 Å². The third-order valence-corrected chi connectivity index (χ3v) is 2.02. The molecule has 0 N–H and O–H groups in total. The van der Waals surface area contributed by atoms with E-state index in [0.717, 1.165) is 17.6 Å². The lowest BCUT2D eigenvalue weighted by Crippen LogP contribution is -1.96. The summed E-state index contributed by atoms with van der Waals surface area (Å²) in [6.45, 7) is 2.02. The number of esters is 1. The van der Waals surface area contributed by atoms with Crippen molar-refractivity contribution < 1.29 is 9.53 Å². The largest absolute Gasteiger partial charge is 0.466 e. The van der Waals surface area contributed by atoms with Crippen LogP contribution in [0.3, 0.4) is 0 Å². The molecule has 0 bridgehead atoms. The number of hydrogen-bond acceptors (Lipinski definition) is 2. The summed E-state index contributed by atoms with van der Waals surface area (Å²) < 4.78 is 4.59. The molecule has 2 nitrogen and oxygen atoms in total. The van der Waals surface area contributed by atoms with Crippen molar-refractivity contribution in [2.45, 2.75) is 13.3 Å². The minimum absolute atomic E-state index is 0.300. The quantitative estimate of drug-likeness (QED) is 0.541. The molecule has 0 spiro atoms. The van der Waals surface area contributed by atoms with E-state index in [1.165, 1.54) is 13.2 Å². The van der Waals surface area contributed by atoms with Crippen molar-refractivity contribution in [1.29, 1.82) is 0 Å². The average Bonchev–Trinajstić information content (AvgIpc) is 2.26. The maximum atomic E-state index is 11.1. The summed E-state index contributed by atoms with van der Waals surface area (Å²) in [5.74, 6) is -0.300. The minimum Gasteiger partial charge on any atom is -0.466 e. The highest BCUT2D eigenvalue weighted by molar-refractivity contribution is 5.91. The van der Waals surface area contributed by atoms with E-state index in [1.807, 2.05) is 37.3 Å². The van der Waals surface area contributed by atoms with Crippen LogP contribution in [0.25, 0.3) is 5.57 Å². The lowest BCUT2D eigenvalue weighted by Gasteiger charge is -2.03. The first-order chi connectivity index (χ1) is 6.77. The molecule has 0 radical (unpaired) electrons. The molecule has 14 heavy (non-hydrogen) atoms. The molecule has 0 unspecified atom stereocenters. The lowest BCUT2D eigenvalue weighted by molar-refractivity contribution is -0.134. The van der Waals surface area contributed by atoms with E-state index in [9.17, 15) is 4.79 Å². The highest BCUT2D eigenvalue weighted by Crippen LogP contribution is 2.17. The van der Waals surface area contributed by atoms with Crippen molar-refractivity contribution >= 4 is 11.5 Å². The Kier molecular flexibility index (Phi) is 3.92. The second kappa shape index (κ2) is 5.22. The number of ether oxygens (including phenoxy) is 1. The summed E-state index contributed by atoms with van der Waals surface area (Å²) >= 11 is 0. The summed E-state index contributed by atoms with van der Waals surface area (Å²) in [5.41, 5.74) is 2.07. The van der Waals surface area contributed by atoms with Gasteiger partial charge in [-0.1, -0.05) is 37.3 Å². The van der Waals surface area contributed by atoms with Gasteiger partial charge in [0.2, 0.25) is 0 Å². The predicted molar refractivity (Wildman–Crippen MR) is 56.7 cm³/mol. The molecule has 74 valence electrons. The number of rotatable bonds is 3. The van der Waals surface area contributed by atoms with E-state index in [2.05, 4.69) is 4.74 Å². The second-order valence-corrected chi connectivity index (χ2v) is 2.91. The SMILES string of the molecule is CCC(=CC(=O)OC)c1ccccc1. The number of allylic oxidation sites excluding steroid dienone is 1. The van der Waals surface area contributed by atoms with Crippen molar-refractivity contribution in [2.75, 3.05) is 7.11 Å². The number of benzene rings is 1. The zero-order valence-corrected chi connectivity index (χ0v) is 8.49. The normalized spacial score (nSPS) is 11.1. The Morgan fingerprint density at radius 1 is 1.36 bits per heavy atom. The predicted octanol–water partition coefficient (Wildman–Crippen LogP) is 2.65. The maximum absolute atomic E-state index is 11.1. The van der Waals surface area contributed by atoms with Crippen LogP contribution in [-0.4, -0.2) is 13.1 Å². The topological polar surface area (TPSA) is 26.3 Å². The lowest BCUT2D eigenvalue weighted by atomic mass is 10.0. The molecule has 1 aromatic rings. The molecule has 0 fully saturated rings. The summed E-state index contributed by atoms with van der Waals surface area (Å²) in [5, 5.41) is 0. The Morgan fingerprint density at radius 2 is 2.00 bits per heavy atom. The van der Waals surface area contributed by atoms with Gasteiger partial charge < -0.3 is 4.74 Å². The van der Waals surface area contributed by atoms with Crippen LogP contribution >= 0.6 is 0 Å². The van der Waals surface area contributed by atoms with Gasteiger partial charge >= 0.3 is 5.97 Å². The van der Waals surface area contributed by atoms with Gasteiger partial charge in [0.25, 0.3) is 0 Å². The Labute approximate surface area is 84.2 Å². The number of hydrogen-bond donors (Lipinski definition) is 0. The van der Waals surface area contributed by atoms with Gasteiger partial charge in [-0.2, -0.15) is 0 Å². The van der Waals surface area contributed by atoms with Gasteiger partial charge in [-0.25, -0.2) is 4.79 Å². The van der Waals surface area contributed by atoms with E-state index in [0.29, 0.717) is 0 Å². The molecule has 0 aromatic heterocycles. The Balaban J connectivity index is 2.93. The first-order valence-electron chi connectivity index (χ1n) is 4.62. The zero-order chi connectivity index (χ0) is 10.4. The van der Waals surface area contributed by atoms with Crippen LogP contribution in [0.4, 0.5) is 0 Å². The third kappa shape index (κ3) is 2.73. The molecule has 0 saturated carbocycles. The highest BCUT2D eigenvalue weighted by atomic mass is 16.5. The average molecular weight is 190 g/mol. The van der Waals surface area contributed by atoms with E-state index in [1.54, 1.807) is 0 Å². The van der Waals surface area contributed by atoms with Gasteiger partial charge in [-0.3, -0.25) is 0 Å². The van der Waals surface area contributed by atoms with Crippen LogP contribution in [0.15, 0.2) is 36.4 Å². The first kappa shape index (κ1) is 10.5. The van der Waals surface area contributed by atoms with Crippen LogP contribution in [0.5, 0.6) is 0 Å². The molecule has 2 heteroatoms. The standard InChI is InChI=1S/C12H14O2/c1-3-10(9-12(13)14-2)11-7-5-4-6-8-11/h4-9H,3H2,1-2H3. The second-order valence-electron chi connectivity index (χ2n) is 2.91. The Morgan fingerprint density at radius 3 is 2.50 bits per heavy atom. The van der Waals surface area contributed by atoms with Crippen LogP contribution in [0, 0.1) is 0 Å². The monoisotopic (exact) mass is 190 g/mol. The van der Waals surface area contributed by atoms with Crippen LogP contribution < -0.4 is 0 Å². The Bertz CT molecular complexity index is 325. The third-order valence-electron chi connectivity index (χ3n) is 2.02. The first-order valence-corrected chi connectivity index (χ1v) is 4.62. The fraction of sp³-hybridized carbons (Fsp3) is 0.250. The molecule has 0 atom stereocenters. The maximum Gasteiger partial charge on any atom is 0.330 e. The molecule has 0 aliphatic rings. The smallest absolute Gasteiger partial charge is 0.330 e. The molecule has 1 aromatic carbocycles. The van der Waals surface area contributed by atoms with E-state index >= 15 is 0 Å². The van der Waals surface area contributed by atoms with Crippen LogP contribution in [0.1, 0.15) is 18.9 Å². The molecule has 0 aliphatic heterocycles. The van der Waals surface area contributed by atoms with Crippen molar-refractivity contribution in [2.24, 2.45) is 0 Å². The Hall–Kier alpha value is -1.57. The van der Waals surface area contributed by atoms with Crippen molar-refractivity contribution in [1.82, 2.24) is 0 Å². The van der Waals surface area contributed by atoms with Gasteiger partial charge in [-0.15, -0.1) is 0 Å². The van der Waals surface area contributed by atoms with Gasteiger partial charge in [0.15, 0.2) is 0 Å². The molecule has 0 heterocycles. The van der Waals surface area contributed by atoms with Crippen LogP contribution in [0.2, 0.25) is 0 Å². The van der Waals surface area contributed by atoms with Crippen molar-refractivity contribution in [3.05, 3.63) is 42.0 Å². The highest BCUT2D eigenvalue weighted by Gasteiger charge is 2.01. The van der Waals surface area contributed by atoms with E-state index in [4.69, 9.17) is 0 Å². The van der Waals surface area contributed by atoms with Gasteiger partial charge in [0.05, 0.1) is 7.11 Å². The summed E-state index contributed by atoms with van der Waals surface area (Å²) in [7, 11) is 1.39. The molecule has 0 aliphatic carbocycles. The van der Waals surface area contributed by atoms with Gasteiger partial charge in [0, 0.05) is 6.08 Å². The number of carbonyl (C=O) groups is 1. The minimum atomic E-state index is -0.300. The molecular weight excluding hydrogens is 176 g/mol. The number of carbonyl (C=O) groups excluding carboxylic acids is 1. The zero-order valence-electron chi connectivity index (χ0n) is 8.49. The fourth-order valence-corrected chi connectivity index (χ4v) is 1.24. The van der Waals surface area contributed by atoms with E-state index < -0.39 is 0 Å². The molecule has 1 rings (SSSR count). The molecule has 0 amide bonds. The van der Waals surface area contributed by atoms with E-state index in [-0.39, 0.29) is 5.97 Å². The number of methoxy groups -OCH3 is 1. The fourth-order valence-electron chi connectivity index (χ4n) is 1.24.